The molecular formula is C28H44O8. The van der Waals surface area contributed by atoms with Crippen LogP contribution in [0.5, 0.6) is 0 Å². The number of hydrogen-bond acceptors (Lipinski definition) is 7. The molecule has 204 valence electrons. The average molecular weight is 509 g/mol. The first-order chi connectivity index (χ1) is 16.6. The lowest BCUT2D eigenvalue weighted by molar-refractivity contribution is -0.226. The summed E-state index contributed by atoms with van der Waals surface area (Å²) in [5, 5.41) is 30.2. The van der Waals surface area contributed by atoms with Crippen molar-refractivity contribution in [2.45, 2.75) is 86.7 Å². The molecule has 0 radical (unpaired) electrons. The molecule has 0 aromatic heterocycles. The number of esters is 1. The molecule has 0 aromatic rings. The summed E-state index contributed by atoms with van der Waals surface area (Å²) in [6, 6.07) is 0. The maximum absolute atomic E-state index is 13.8. The summed E-state index contributed by atoms with van der Waals surface area (Å²) in [6.07, 6.45) is 4.50. The largest absolute Gasteiger partial charge is 0.515 e. The van der Waals surface area contributed by atoms with Crippen molar-refractivity contribution < 1.29 is 39.2 Å². The van der Waals surface area contributed by atoms with Gasteiger partial charge in [-0.15, -0.1) is 0 Å². The molecule has 1 fully saturated rings. The molecule has 8 heteroatoms. The Kier molecular flexibility index (Phi) is 10.7. The minimum Gasteiger partial charge on any atom is -0.515 e. The minimum absolute atomic E-state index is 0.0331. The van der Waals surface area contributed by atoms with Gasteiger partial charge in [0.2, 0.25) is 0 Å². The van der Waals surface area contributed by atoms with Crippen LogP contribution in [0, 0.1) is 34.5 Å². The second-order valence-electron chi connectivity index (χ2n) is 10.9. The fourth-order valence-electron chi connectivity index (χ4n) is 6.82. The Balaban J connectivity index is 3.65. The van der Waals surface area contributed by atoms with Crippen LogP contribution in [0.2, 0.25) is 0 Å². The van der Waals surface area contributed by atoms with Crippen LogP contribution < -0.4 is 0 Å². The topological polar surface area (TPSA) is 138 Å². The smallest absolute Gasteiger partial charge is 0.328 e. The van der Waals surface area contributed by atoms with Crippen molar-refractivity contribution in [2.75, 3.05) is 6.61 Å². The van der Waals surface area contributed by atoms with E-state index >= 15 is 0 Å². The molecule has 1 aliphatic rings. The van der Waals surface area contributed by atoms with E-state index in [0.717, 1.165) is 25.0 Å². The summed E-state index contributed by atoms with van der Waals surface area (Å²) >= 11 is 0. The highest BCUT2D eigenvalue weighted by Gasteiger charge is 2.72. The van der Waals surface area contributed by atoms with Crippen LogP contribution in [0.25, 0.3) is 0 Å². The van der Waals surface area contributed by atoms with Gasteiger partial charge in [-0.05, 0) is 32.1 Å². The normalized spacial score (nSPS) is 32.8. The second kappa shape index (κ2) is 12.2. The van der Waals surface area contributed by atoms with Gasteiger partial charge in [-0.25, -0.2) is 4.79 Å². The summed E-state index contributed by atoms with van der Waals surface area (Å²) < 4.78 is 5.52. The molecule has 0 aliphatic heterocycles. The molecule has 0 amide bonds. The SMILES string of the molecule is CCC[C@@H](C)[C@H]1[C@H](C)C(=O)[C@@](C)(O)[C@](C)([C@@H](CC)COC(=O)C/C(C)=C/C(=O)O)[C@]1(C)C(=O)/C=C\O. The number of ketones is 2. The fraction of sp³-hybridized carbons (Fsp3) is 0.714. The van der Waals surface area contributed by atoms with Crippen LogP contribution in [0.1, 0.15) is 81.1 Å². The third kappa shape index (κ3) is 5.58. The molecule has 36 heavy (non-hydrogen) atoms. The summed E-state index contributed by atoms with van der Waals surface area (Å²) in [4.78, 5) is 50.8. The van der Waals surface area contributed by atoms with E-state index in [9.17, 15) is 29.4 Å². The molecule has 0 spiro atoms. The molecule has 0 saturated heterocycles. The van der Waals surface area contributed by atoms with E-state index in [4.69, 9.17) is 9.84 Å². The van der Waals surface area contributed by atoms with Crippen molar-refractivity contribution in [2.24, 2.45) is 34.5 Å². The Bertz CT molecular complexity index is 901. The highest BCUT2D eigenvalue weighted by Crippen LogP contribution is 2.65. The molecule has 7 atom stereocenters. The third-order valence-corrected chi connectivity index (χ3v) is 8.83. The van der Waals surface area contributed by atoms with Crippen LogP contribution in [0.4, 0.5) is 0 Å². The lowest BCUT2D eigenvalue weighted by atomic mass is 9.38. The maximum atomic E-state index is 13.8. The number of ether oxygens (including phenoxy) is 1. The van der Waals surface area contributed by atoms with Gasteiger partial charge in [0.15, 0.2) is 11.6 Å². The van der Waals surface area contributed by atoms with Gasteiger partial charge >= 0.3 is 11.9 Å². The fourth-order valence-corrected chi connectivity index (χ4v) is 6.82. The first-order valence-corrected chi connectivity index (χ1v) is 12.7. The molecule has 0 unspecified atom stereocenters. The van der Waals surface area contributed by atoms with E-state index < -0.39 is 51.9 Å². The van der Waals surface area contributed by atoms with Crippen molar-refractivity contribution in [3.8, 4) is 0 Å². The number of aliphatic hydroxyl groups is 2. The molecule has 0 bridgehead atoms. The van der Waals surface area contributed by atoms with E-state index in [1.54, 1.807) is 20.8 Å². The quantitative estimate of drug-likeness (QED) is 0.197. The first kappa shape index (κ1) is 31.5. The van der Waals surface area contributed by atoms with Gasteiger partial charge in [-0.2, -0.15) is 0 Å². The molecule has 1 rings (SSSR count). The van der Waals surface area contributed by atoms with Gasteiger partial charge in [-0.3, -0.25) is 14.4 Å². The molecule has 3 N–H and O–H groups in total. The number of rotatable bonds is 12. The van der Waals surface area contributed by atoms with Crippen molar-refractivity contribution in [3.63, 3.8) is 0 Å². The third-order valence-electron chi connectivity index (χ3n) is 8.83. The Morgan fingerprint density at radius 3 is 2.22 bits per heavy atom. The second-order valence-corrected chi connectivity index (χ2v) is 10.9. The lowest BCUT2D eigenvalue weighted by Gasteiger charge is -2.64. The molecule has 1 aliphatic carbocycles. The maximum Gasteiger partial charge on any atom is 0.328 e. The molecule has 0 heterocycles. The number of aliphatic carboxylic acids is 1. The Morgan fingerprint density at radius 1 is 1.17 bits per heavy atom. The summed E-state index contributed by atoms with van der Waals surface area (Å²) in [7, 11) is 0. The summed E-state index contributed by atoms with van der Waals surface area (Å²) in [5.74, 6) is -4.22. The monoisotopic (exact) mass is 508 g/mol. The molecular weight excluding hydrogens is 464 g/mol. The number of hydrogen-bond donors (Lipinski definition) is 3. The predicted molar refractivity (Wildman–Crippen MR) is 136 cm³/mol. The van der Waals surface area contributed by atoms with E-state index in [0.29, 0.717) is 18.3 Å². The van der Waals surface area contributed by atoms with E-state index in [2.05, 4.69) is 0 Å². The number of aliphatic hydroxyl groups excluding tert-OH is 1. The predicted octanol–water partition coefficient (Wildman–Crippen LogP) is 4.65. The zero-order chi connectivity index (χ0) is 28.1. The van der Waals surface area contributed by atoms with Gasteiger partial charge in [-0.1, -0.05) is 60.0 Å². The average Bonchev–Trinajstić information content (AvgIpc) is 2.77. The van der Waals surface area contributed by atoms with E-state index in [1.165, 1.54) is 13.8 Å². The Hall–Kier alpha value is -2.48. The van der Waals surface area contributed by atoms with Gasteiger partial charge in [0.1, 0.15) is 5.60 Å². The van der Waals surface area contributed by atoms with Crippen LogP contribution in [0.15, 0.2) is 24.0 Å². The number of carboxylic acids is 1. The zero-order valence-electron chi connectivity index (χ0n) is 23.0. The number of carbonyl (C=O) groups excluding carboxylic acids is 3. The Morgan fingerprint density at radius 2 is 1.75 bits per heavy atom. The number of carbonyl (C=O) groups is 4. The van der Waals surface area contributed by atoms with Crippen molar-refractivity contribution in [1.29, 1.82) is 0 Å². The van der Waals surface area contributed by atoms with Gasteiger partial charge in [0.05, 0.1) is 19.3 Å². The van der Waals surface area contributed by atoms with Crippen LogP contribution in [-0.4, -0.2) is 51.0 Å². The highest BCUT2D eigenvalue weighted by atomic mass is 16.5. The van der Waals surface area contributed by atoms with Gasteiger partial charge in [0, 0.05) is 34.8 Å². The summed E-state index contributed by atoms with van der Waals surface area (Å²) in [6.45, 7) is 13.9. The lowest BCUT2D eigenvalue weighted by Crippen LogP contribution is -2.73. The molecule has 8 nitrogen and oxygen atoms in total. The van der Waals surface area contributed by atoms with Gasteiger partial charge < -0.3 is 20.1 Å². The zero-order valence-corrected chi connectivity index (χ0v) is 23.0. The number of allylic oxidation sites excluding steroid dienone is 1. The van der Waals surface area contributed by atoms with Crippen molar-refractivity contribution >= 4 is 23.5 Å². The van der Waals surface area contributed by atoms with Crippen LogP contribution in [-0.2, 0) is 23.9 Å². The number of carboxylic acid groups (broad SMARTS) is 1. The van der Waals surface area contributed by atoms with Crippen LogP contribution in [0.3, 0.4) is 0 Å². The van der Waals surface area contributed by atoms with Crippen LogP contribution >= 0.6 is 0 Å². The first-order valence-electron chi connectivity index (χ1n) is 12.7. The van der Waals surface area contributed by atoms with Gasteiger partial charge in [0.25, 0.3) is 0 Å². The molecule has 0 aromatic carbocycles. The van der Waals surface area contributed by atoms with E-state index in [-0.39, 0.29) is 24.7 Å². The highest BCUT2D eigenvalue weighted by molar-refractivity contribution is 6.00. The van der Waals surface area contributed by atoms with Crippen molar-refractivity contribution in [3.05, 3.63) is 24.0 Å². The van der Waals surface area contributed by atoms with Crippen molar-refractivity contribution in [1.82, 2.24) is 0 Å². The summed E-state index contributed by atoms with van der Waals surface area (Å²) in [5.41, 5.74) is -4.23. The van der Waals surface area contributed by atoms with E-state index in [1.807, 2.05) is 20.8 Å². The Labute approximate surface area is 214 Å². The minimum atomic E-state index is -1.92. The number of Topliss-reactive ketones (excluding diaryl/α,β-unsaturated/α-hetero) is 1. The molecule has 1 saturated carbocycles. The standard InChI is InChI=1S/C28H44O8/c1-9-11-18(4)24-19(5)25(34)28(8,35)27(7,26(24,6)21(30)12-13-29)20(10-2)16-36-23(33)15-17(3)14-22(31)32/h12-14,18-20,24,29,35H,9-11,15-16H2,1-8H3,(H,31,32)/b13-12-,17-14+/t18-,19+,20+,24+,26-,27-,28-/m1/s1.